The van der Waals surface area contributed by atoms with Gasteiger partial charge in [-0.25, -0.2) is 0 Å². The standard InChI is InChI=1S/C16H22BrNO3/c1-19-5-4-16(2-3-16)11-18-10-12-8-13(17)15-14(9-12)20-6-7-21-15/h8-9,18H,2-7,10-11H2,1H3. The molecule has 0 amide bonds. The van der Waals surface area contributed by atoms with Gasteiger partial charge in [-0.1, -0.05) is 0 Å². The Hall–Kier alpha value is -0.780. The molecule has 1 saturated carbocycles. The normalized spacial score (nSPS) is 18.6. The van der Waals surface area contributed by atoms with Gasteiger partial charge in [-0.05, 0) is 58.3 Å². The monoisotopic (exact) mass is 355 g/mol. The predicted molar refractivity (Wildman–Crippen MR) is 85.0 cm³/mol. The van der Waals surface area contributed by atoms with Gasteiger partial charge in [-0.15, -0.1) is 0 Å². The Bertz CT molecular complexity index is 503. The highest BCUT2D eigenvalue weighted by atomic mass is 79.9. The molecule has 1 aromatic rings. The molecule has 1 aliphatic heterocycles. The summed E-state index contributed by atoms with van der Waals surface area (Å²) in [6.07, 6.45) is 3.78. The summed E-state index contributed by atoms with van der Waals surface area (Å²) in [6.45, 7) is 4.01. The Balaban J connectivity index is 1.55. The van der Waals surface area contributed by atoms with Gasteiger partial charge in [-0.2, -0.15) is 0 Å². The Morgan fingerprint density at radius 3 is 2.86 bits per heavy atom. The van der Waals surface area contributed by atoms with E-state index in [1.54, 1.807) is 7.11 Å². The summed E-state index contributed by atoms with van der Waals surface area (Å²) in [6, 6.07) is 4.18. The van der Waals surface area contributed by atoms with Crippen molar-refractivity contribution in [2.24, 2.45) is 5.41 Å². The SMILES string of the molecule is COCCC1(CNCc2cc(Br)c3c(c2)OCCO3)CC1. The van der Waals surface area contributed by atoms with Crippen LogP contribution in [-0.2, 0) is 11.3 Å². The van der Waals surface area contributed by atoms with Crippen molar-refractivity contribution < 1.29 is 14.2 Å². The smallest absolute Gasteiger partial charge is 0.175 e. The zero-order chi connectivity index (χ0) is 14.7. The van der Waals surface area contributed by atoms with Crippen LogP contribution in [-0.4, -0.2) is 33.5 Å². The second-order valence-electron chi connectivity index (χ2n) is 5.95. The van der Waals surface area contributed by atoms with E-state index in [1.165, 1.54) is 18.4 Å². The van der Waals surface area contributed by atoms with Crippen LogP contribution in [0.15, 0.2) is 16.6 Å². The highest BCUT2D eigenvalue weighted by Gasteiger charge is 2.41. The second kappa shape index (κ2) is 6.55. The van der Waals surface area contributed by atoms with E-state index in [0.717, 1.165) is 42.1 Å². The van der Waals surface area contributed by atoms with Crippen molar-refractivity contribution in [1.82, 2.24) is 5.32 Å². The third-order valence-electron chi connectivity index (χ3n) is 4.28. The zero-order valence-electron chi connectivity index (χ0n) is 12.4. The topological polar surface area (TPSA) is 39.7 Å². The number of ether oxygens (including phenoxy) is 3. The third kappa shape index (κ3) is 3.71. The first-order valence-electron chi connectivity index (χ1n) is 7.50. The summed E-state index contributed by atoms with van der Waals surface area (Å²) in [5.74, 6) is 1.66. The van der Waals surface area contributed by atoms with Gasteiger partial charge in [0.1, 0.15) is 13.2 Å². The van der Waals surface area contributed by atoms with Crippen LogP contribution in [0.5, 0.6) is 11.5 Å². The number of halogens is 1. The van der Waals surface area contributed by atoms with Crippen LogP contribution >= 0.6 is 15.9 Å². The van der Waals surface area contributed by atoms with Crippen molar-refractivity contribution in [2.45, 2.75) is 25.8 Å². The van der Waals surface area contributed by atoms with E-state index in [4.69, 9.17) is 14.2 Å². The number of benzene rings is 1. The van der Waals surface area contributed by atoms with Gasteiger partial charge >= 0.3 is 0 Å². The first-order chi connectivity index (χ1) is 10.2. The molecule has 0 spiro atoms. The Morgan fingerprint density at radius 1 is 1.29 bits per heavy atom. The summed E-state index contributed by atoms with van der Waals surface area (Å²) >= 11 is 3.56. The predicted octanol–water partition coefficient (Wildman–Crippen LogP) is 3.13. The maximum Gasteiger partial charge on any atom is 0.175 e. The largest absolute Gasteiger partial charge is 0.486 e. The minimum absolute atomic E-state index is 0.473. The van der Waals surface area contributed by atoms with Gasteiger partial charge < -0.3 is 19.5 Å². The molecule has 1 aliphatic carbocycles. The molecule has 1 aromatic carbocycles. The van der Waals surface area contributed by atoms with Crippen LogP contribution in [0.3, 0.4) is 0 Å². The number of fused-ring (bicyclic) bond motifs is 1. The molecule has 21 heavy (non-hydrogen) atoms. The maximum absolute atomic E-state index is 5.66. The van der Waals surface area contributed by atoms with Gasteiger partial charge in [0.05, 0.1) is 4.47 Å². The summed E-state index contributed by atoms with van der Waals surface area (Å²) in [5.41, 5.74) is 1.69. The molecule has 0 unspecified atom stereocenters. The quantitative estimate of drug-likeness (QED) is 0.815. The Morgan fingerprint density at radius 2 is 2.10 bits per heavy atom. The van der Waals surface area contributed by atoms with Crippen molar-refractivity contribution in [3.8, 4) is 11.5 Å². The van der Waals surface area contributed by atoms with Crippen LogP contribution in [0.25, 0.3) is 0 Å². The fraction of sp³-hybridized carbons (Fsp3) is 0.625. The van der Waals surface area contributed by atoms with Gasteiger partial charge in [-0.3, -0.25) is 0 Å². The van der Waals surface area contributed by atoms with Gasteiger partial charge in [0.15, 0.2) is 11.5 Å². The van der Waals surface area contributed by atoms with Crippen LogP contribution < -0.4 is 14.8 Å². The van der Waals surface area contributed by atoms with Gasteiger partial charge in [0.25, 0.3) is 0 Å². The van der Waals surface area contributed by atoms with Crippen molar-refractivity contribution in [3.63, 3.8) is 0 Å². The molecule has 0 atom stereocenters. The molecule has 3 rings (SSSR count). The molecule has 0 aromatic heterocycles. The highest BCUT2D eigenvalue weighted by molar-refractivity contribution is 9.10. The number of rotatable bonds is 7. The zero-order valence-corrected chi connectivity index (χ0v) is 14.0. The molecule has 0 radical (unpaired) electrons. The van der Waals surface area contributed by atoms with E-state index in [9.17, 15) is 0 Å². The molecule has 0 saturated heterocycles. The van der Waals surface area contributed by atoms with Crippen molar-refractivity contribution in [3.05, 3.63) is 22.2 Å². The van der Waals surface area contributed by atoms with Crippen LogP contribution in [0.2, 0.25) is 0 Å². The Kier molecular flexibility index (Phi) is 4.72. The number of nitrogens with one attached hydrogen (secondary N) is 1. The molecule has 1 N–H and O–H groups in total. The summed E-state index contributed by atoms with van der Waals surface area (Å²) in [7, 11) is 1.77. The summed E-state index contributed by atoms with van der Waals surface area (Å²) in [4.78, 5) is 0. The lowest BCUT2D eigenvalue weighted by molar-refractivity contribution is 0.169. The molecule has 1 heterocycles. The molecule has 2 aliphatic rings. The van der Waals surface area contributed by atoms with Crippen molar-refractivity contribution >= 4 is 15.9 Å². The molecule has 5 heteroatoms. The first kappa shape index (κ1) is 15.1. The molecule has 0 bridgehead atoms. The van der Waals surface area contributed by atoms with E-state index in [1.807, 2.05) is 0 Å². The van der Waals surface area contributed by atoms with Crippen molar-refractivity contribution in [2.75, 3.05) is 33.5 Å². The minimum Gasteiger partial charge on any atom is -0.486 e. The number of hydrogen-bond donors (Lipinski definition) is 1. The van der Waals surface area contributed by atoms with Gasteiger partial charge in [0, 0.05) is 26.8 Å². The summed E-state index contributed by atoms with van der Waals surface area (Å²) < 4.78 is 17.4. The fourth-order valence-corrected chi connectivity index (χ4v) is 3.35. The fourth-order valence-electron chi connectivity index (χ4n) is 2.75. The Labute approximate surface area is 134 Å². The molecule has 1 fully saturated rings. The van der Waals surface area contributed by atoms with E-state index < -0.39 is 0 Å². The van der Waals surface area contributed by atoms with Gasteiger partial charge in [0.2, 0.25) is 0 Å². The van der Waals surface area contributed by atoms with E-state index in [0.29, 0.717) is 18.6 Å². The van der Waals surface area contributed by atoms with E-state index in [-0.39, 0.29) is 0 Å². The maximum atomic E-state index is 5.66. The first-order valence-corrected chi connectivity index (χ1v) is 8.29. The summed E-state index contributed by atoms with van der Waals surface area (Å²) in [5, 5.41) is 3.57. The second-order valence-corrected chi connectivity index (χ2v) is 6.80. The lowest BCUT2D eigenvalue weighted by Crippen LogP contribution is -2.25. The van der Waals surface area contributed by atoms with Crippen LogP contribution in [0, 0.1) is 5.41 Å². The lowest BCUT2D eigenvalue weighted by Gasteiger charge is -2.21. The average molecular weight is 356 g/mol. The highest BCUT2D eigenvalue weighted by Crippen LogP contribution is 2.48. The van der Waals surface area contributed by atoms with Crippen LogP contribution in [0.1, 0.15) is 24.8 Å². The lowest BCUT2D eigenvalue weighted by atomic mass is 10.0. The molecule has 116 valence electrons. The van der Waals surface area contributed by atoms with Crippen molar-refractivity contribution in [1.29, 1.82) is 0 Å². The van der Waals surface area contributed by atoms with Crippen LogP contribution in [0.4, 0.5) is 0 Å². The molecule has 4 nitrogen and oxygen atoms in total. The van der Waals surface area contributed by atoms with E-state index in [2.05, 4.69) is 33.4 Å². The number of methoxy groups -OCH3 is 1. The van der Waals surface area contributed by atoms with E-state index >= 15 is 0 Å². The molecular formula is C16H22BrNO3. The number of hydrogen-bond acceptors (Lipinski definition) is 4. The molecular weight excluding hydrogens is 334 g/mol. The average Bonchev–Trinajstić information content (AvgIpc) is 3.26. The minimum atomic E-state index is 0.473. The third-order valence-corrected chi connectivity index (χ3v) is 4.87.